The summed E-state index contributed by atoms with van der Waals surface area (Å²) in [5.74, 6) is -0.238. The second-order valence-electron chi connectivity index (χ2n) is 8.29. The Morgan fingerprint density at radius 3 is 2.66 bits per heavy atom. The normalized spacial score (nSPS) is 19.1. The molecule has 2 amide bonds. The van der Waals surface area contributed by atoms with Gasteiger partial charge >= 0.3 is 0 Å². The smallest absolute Gasteiger partial charge is 0.259 e. The number of hydrogen-bond donors (Lipinski definition) is 1. The van der Waals surface area contributed by atoms with Crippen molar-refractivity contribution in [3.63, 3.8) is 0 Å². The van der Waals surface area contributed by atoms with Gasteiger partial charge in [0, 0.05) is 38.2 Å². The maximum absolute atomic E-state index is 13.4. The van der Waals surface area contributed by atoms with Crippen LogP contribution in [0, 0.1) is 17.2 Å². The highest BCUT2D eigenvalue weighted by molar-refractivity contribution is 5.98. The van der Waals surface area contributed by atoms with E-state index in [0.717, 1.165) is 5.56 Å². The Labute approximate surface area is 188 Å². The Balaban J connectivity index is 2.05. The predicted molar refractivity (Wildman–Crippen MR) is 119 cm³/mol. The molecule has 0 bridgehead atoms. The van der Waals surface area contributed by atoms with Gasteiger partial charge in [-0.2, -0.15) is 5.26 Å². The SMILES string of the molecule is CC(=O)N(C)C[C@H]1Oc2ncc(-c3ccc(C#N)cc3)cc2C(=O)N([C@H](C)CO)C[C@@H]1C. The van der Waals surface area contributed by atoms with Crippen molar-refractivity contribution in [1.82, 2.24) is 14.8 Å². The van der Waals surface area contributed by atoms with E-state index in [4.69, 9.17) is 10.00 Å². The number of carbonyl (C=O) groups excluding carboxylic acids is 2. The molecule has 8 heteroatoms. The second-order valence-corrected chi connectivity index (χ2v) is 8.29. The van der Waals surface area contributed by atoms with E-state index in [2.05, 4.69) is 11.1 Å². The molecule has 1 aromatic heterocycles. The fourth-order valence-corrected chi connectivity index (χ4v) is 3.61. The number of fused-ring (bicyclic) bond motifs is 1. The molecule has 2 heterocycles. The van der Waals surface area contributed by atoms with Crippen molar-refractivity contribution in [3.05, 3.63) is 47.7 Å². The summed E-state index contributed by atoms with van der Waals surface area (Å²) in [6.45, 7) is 5.80. The van der Waals surface area contributed by atoms with Crippen LogP contribution in [0.5, 0.6) is 5.88 Å². The maximum atomic E-state index is 13.4. The molecular formula is C24H28N4O4. The van der Waals surface area contributed by atoms with Gasteiger partial charge in [0.15, 0.2) is 0 Å². The molecule has 3 atom stereocenters. The van der Waals surface area contributed by atoms with Crippen LogP contribution in [-0.2, 0) is 4.79 Å². The van der Waals surface area contributed by atoms with Crippen LogP contribution in [0.4, 0.5) is 0 Å². The third kappa shape index (κ3) is 4.89. The number of benzene rings is 1. The average molecular weight is 437 g/mol. The lowest BCUT2D eigenvalue weighted by Crippen LogP contribution is -2.50. The Morgan fingerprint density at radius 1 is 1.38 bits per heavy atom. The van der Waals surface area contributed by atoms with Crippen LogP contribution in [0.2, 0.25) is 0 Å². The molecule has 0 saturated carbocycles. The van der Waals surface area contributed by atoms with Crippen LogP contribution >= 0.6 is 0 Å². The van der Waals surface area contributed by atoms with Gasteiger partial charge in [0.1, 0.15) is 11.7 Å². The quantitative estimate of drug-likeness (QED) is 0.771. The van der Waals surface area contributed by atoms with Crippen LogP contribution in [0.1, 0.15) is 36.7 Å². The number of aromatic nitrogens is 1. The molecule has 3 rings (SSSR count). The van der Waals surface area contributed by atoms with Gasteiger partial charge in [-0.15, -0.1) is 0 Å². The molecule has 0 spiro atoms. The highest BCUT2D eigenvalue weighted by Crippen LogP contribution is 2.30. The maximum Gasteiger partial charge on any atom is 0.259 e. The second kappa shape index (κ2) is 9.79. The molecule has 1 aliphatic rings. The van der Waals surface area contributed by atoms with Crippen LogP contribution in [0.25, 0.3) is 11.1 Å². The zero-order chi connectivity index (χ0) is 23.4. The molecule has 0 saturated heterocycles. The molecular weight excluding hydrogens is 408 g/mol. The van der Waals surface area contributed by atoms with Crippen LogP contribution in [-0.4, -0.2) is 70.6 Å². The molecule has 32 heavy (non-hydrogen) atoms. The van der Waals surface area contributed by atoms with Gasteiger partial charge in [-0.05, 0) is 30.7 Å². The van der Waals surface area contributed by atoms with E-state index in [-0.39, 0.29) is 42.4 Å². The molecule has 8 nitrogen and oxygen atoms in total. The fraction of sp³-hybridized carbons (Fsp3) is 0.417. The zero-order valence-electron chi connectivity index (χ0n) is 18.8. The van der Waals surface area contributed by atoms with Crippen LogP contribution in [0.15, 0.2) is 36.5 Å². The van der Waals surface area contributed by atoms with Gasteiger partial charge in [0.2, 0.25) is 11.8 Å². The minimum absolute atomic E-state index is 0.0798. The minimum atomic E-state index is -0.388. The Kier molecular flexibility index (Phi) is 7.11. The molecule has 1 N–H and O–H groups in total. The van der Waals surface area contributed by atoms with E-state index < -0.39 is 0 Å². The standard InChI is InChI=1S/C24H28N4O4/c1-15-12-28(16(2)14-29)24(31)21-9-20(19-7-5-18(10-25)6-8-19)11-26-23(21)32-22(15)13-27(4)17(3)30/h5-9,11,15-16,22,29H,12-14H2,1-4H3/t15-,16+,22+/m0/s1. The Bertz CT molecular complexity index is 1030. The van der Waals surface area contributed by atoms with Crippen molar-refractivity contribution in [2.75, 3.05) is 26.7 Å². The number of amides is 2. The lowest BCUT2D eigenvalue weighted by molar-refractivity contribution is -0.129. The lowest BCUT2D eigenvalue weighted by atomic mass is 9.99. The van der Waals surface area contributed by atoms with Crippen molar-refractivity contribution in [2.45, 2.75) is 32.9 Å². The molecule has 1 aliphatic heterocycles. The number of ether oxygens (including phenoxy) is 1. The highest BCUT2D eigenvalue weighted by Gasteiger charge is 2.34. The predicted octanol–water partition coefficient (Wildman–Crippen LogP) is 2.32. The van der Waals surface area contributed by atoms with E-state index in [0.29, 0.717) is 29.8 Å². The van der Waals surface area contributed by atoms with Crippen molar-refractivity contribution in [3.8, 4) is 23.1 Å². The summed E-state index contributed by atoms with van der Waals surface area (Å²) in [6, 6.07) is 10.4. The lowest BCUT2D eigenvalue weighted by Gasteiger charge is -2.37. The third-order valence-electron chi connectivity index (χ3n) is 5.86. The molecule has 0 radical (unpaired) electrons. The summed E-state index contributed by atoms with van der Waals surface area (Å²) in [5, 5.41) is 18.8. The van der Waals surface area contributed by atoms with E-state index in [1.807, 2.05) is 6.92 Å². The third-order valence-corrected chi connectivity index (χ3v) is 5.86. The summed E-state index contributed by atoms with van der Waals surface area (Å²) < 4.78 is 6.17. The monoisotopic (exact) mass is 436 g/mol. The largest absolute Gasteiger partial charge is 0.472 e. The average Bonchev–Trinajstić information content (AvgIpc) is 2.80. The number of hydrogen-bond acceptors (Lipinski definition) is 6. The number of likely N-dealkylation sites (N-methyl/N-ethyl adjacent to an activating group) is 1. The summed E-state index contributed by atoms with van der Waals surface area (Å²) in [4.78, 5) is 32.9. The van der Waals surface area contributed by atoms with Gasteiger partial charge in [-0.3, -0.25) is 9.59 Å². The van der Waals surface area contributed by atoms with E-state index in [1.165, 1.54) is 6.92 Å². The van der Waals surface area contributed by atoms with Crippen LogP contribution < -0.4 is 4.74 Å². The number of carbonyl (C=O) groups is 2. The van der Waals surface area contributed by atoms with Crippen molar-refractivity contribution in [1.29, 1.82) is 5.26 Å². The molecule has 1 aromatic carbocycles. The Morgan fingerprint density at radius 2 is 2.06 bits per heavy atom. The number of aliphatic hydroxyl groups excluding tert-OH is 1. The molecule has 0 unspecified atom stereocenters. The number of pyridine rings is 1. The van der Waals surface area contributed by atoms with E-state index in [1.54, 1.807) is 60.3 Å². The van der Waals surface area contributed by atoms with E-state index >= 15 is 0 Å². The first kappa shape index (κ1) is 23.2. The van der Waals surface area contributed by atoms with Crippen LogP contribution in [0.3, 0.4) is 0 Å². The molecule has 168 valence electrons. The summed E-state index contributed by atoms with van der Waals surface area (Å²) in [6.07, 6.45) is 1.25. The fourth-order valence-electron chi connectivity index (χ4n) is 3.61. The van der Waals surface area contributed by atoms with Gasteiger partial charge in [-0.1, -0.05) is 19.1 Å². The summed E-state index contributed by atoms with van der Waals surface area (Å²) in [5.41, 5.74) is 2.38. The first-order valence-electron chi connectivity index (χ1n) is 10.6. The number of aliphatic hydroxyl groups is 1. The van der Waals surface area contributed by atoms with Gasteiger partial charge < -0.3 is 19.6 Å². The molecule has 0 aliphatic carbocycles. The number of nitrogens with zero attached hydrogens (tertiary/aromatic N) is 4. The topological polar surface area (TPSA) is 107 Å². The summed E-state index contributed by atoms with van der Waals surface area (Å²) >= 11 is 0. The molecule has 2 aromatic rings. The first-order valence-corrected chi connectivity index (χ1v) is 10.6. The zero-order valence-corrected chi connectivity index (χ0v) is 18.8. The highest BCUT2D eigenvalue weighted by atomic mass is 16.5. The summed E-state index contributed by atoms with van der Waals surface area (Å²) in [7, 11) is 1.71. The Hall–Kier alpha value is -3.44. The van der Waals surface area contributed by atoms with Gasteiger partial charge in [0.25, 0.3) is 5.91 Å². The van der Waals surface area contributed by atoms with Crippen molar-refractivity contribution < 1.29 is 19.4 Å². The van der Waals surface area contributed by atoms with Gasteiger partial charge in [-0.25, -0.2) is 4.98 Å². The van der Waals surface area contributed by atoms with E-state index in [9.17, 15) is 14.7 Å². The van der Waals surface area contributed by atoms with Crippen molar-refractivity contribution in [2.24, 2.45) is 5.92 Å². The van der Waals surface area contributed by atoms with Crippen molar-refractivity contribution >= 4 is 11.8 Å². The van der Waals surface area contributed by atoms with Gasteiger partial charge in [0.05, 0.1) is 30.8 Å². The molecule has 0 fully saturated rings. The minimum Gasteiger partial charge on any atom is -0.472 e. The number of nitriles is 1. The number of rotatable bonds is 5. The first-order chi connectivity index (χ1) is 15.2.